The summed E-state index contributed by atoms with van der Waals surface area (Å²) in [6.07, 6.45) is -3.39. The monoisotopic (exact) mass is 407 g/mol. The van der Waals surface area contributed by atoms with Crippen molar-refractivity contribution in [2.75, 3.05) is 13.6 Å². The van der Waals surface area contributed by atoms with Crippen molar-refractivity contribution in [1.29, 1.82) is 0 Å². The van der Waals surface area contributed by atoms with Crippen molar-refractivity contribution in [3.63, 3.8) is 0 Å². The fourth-order valence-electron chi connectivity index (χ4n) is 3.44. The van der Waals surface area contributed by atoms with Crippen LogP contribution in [0, 0.1) is 13.8 Å². The number of imidazole rings is 1. The van der Waals surface area contributed by atoms with Gasteiger partial charge < -0.3 is 9.47 Å². The van der Waals surface area contributed by atoms with Crippen LogP contribution in [0.1, 0.15) is 35.6 Å². The first-order valence-corrected chi connectivity index (χ1v) is 9.45. The lowest BCUT2D eigenvalue weighted by Crippen LogP contribution is -2.29. The Bertz CT molecular complexity index is 986. The zero-order chi connectivity index (χ0) is 21.2. The lowest BCUT2D eigenvalue weighted by atomic mass is 10.1. The Kier molecular flexibility index (Phi) is 5.95. The molecule has 0 unspecified atom stereocenters. The van der Waals surface area contributed by atoms with Crippen LogP contribution in [-0.2, 0) is 23.9 Å². The van der Waals surface area contributed by atoms with Crippen molar-refractivity contribution < 1.29 is 18.0 Å². The molecule has 0 spiro atoms. The number of hydrogen-bond acceptors (Lipinski definition) is 3. The van der Waals surface area contributed by atoms with Crippen LogP contribution in [0.5, 0.6) is 0 Å². The van der Waals surface area contributed by atoms with Crippen LogP contribution >= 0.6 is 0 Å². The maximum absolute atomic E-state index is 13.3. The number of fused-ring (bicyclic) bond motifs is 1. The molecule has 29 heavy (non-hydrogen) atoms. The van der Waals surface area contributed by atoms with E-state index in [1.54, 1.807) is 36.2 Å². The number of aromatic nitrogens is 4. The Morgan fingerprint density at radius 1 is 1.24 bits per heavy atom. The van der Waals surface area contributed by atoms with Gasteiger partial charge >= 0.3 is 6.18 Å². The number of aryl methyl sites for hydroxylation is 3. The fraction of sp³-hybridized carbons (Fsp3) is 0.450. The Hall–Kier alpha value is -2.84. The molecule has 0 radical (unpaired) electrons. The highest BCUT2D eigenvalue weighted by atomic mass is 19.4. The number of amides is 1. The minimum Gasteiger partial charge on any atom is -0.345 e. The zero-order valence-corrected chi connectivity index (χ0v) is 16.7. The quantitative estimate of drug-likeness (QED) is 0.646. The first kappa shape index (κ1) is 20.9. The number of H-pyrrole nitrogens is 1. The molecule has 0 bridgehead atoms. The second-order valence-electron chi connectivity index (χ2n) is 7.15. The molecule has 0 aliphatic heterocycles. The average molecular weight is 407 g/mol. The van der Waals surface area contributed by atoms with Gasteiger partial charge in [0.05, 0.1) is 16.7 Å². The summed E-state index contributed by atoms with van der Waals surface area (Å²) in [5.41, 5.74) is 3.70. The molecule has 9 heteroatoms. The second-order valence-corrected chi connectivity index (χ2v) is 7.15. The molecule has 3 rings (SSSR count). The van der Waals surface area contributed by atoms with Crippen molar-refractivity contribution in [2.45, 2.75) is 45.8 Å². The van der Waals surface area contributed by atoms with E-state index in [0.717, 1.165) is 21.5 Å². The number of likely N-dealkylation sites (N-methyl/N-ethyl adjacent to an activating group) is 1. The van der Waals surface area contributed by atoms with Gasteiger partial charge in [-0.05, 0) is 44.4 Å². The number of nitrogens with zero attached hydrogens (tertiary/aromatic N) is 4. The molecular weight excluding hydrogens is 383 g/mol. The van der Waals surface area contributed by atoms with Crippen LogP contribution in [0.4, 0.5) is 13.2 Å². The number of carbonyl (C=O) groups is 1. The van der Waals surface area contributed by atoms with E-state index in [4.69, 9.17) is 0 Å². The van der Waals surface area contributed by atoms with E-state index in [-0.39, 0.29) is 18.9 Å². The number of benzene rings is 1. The topological polar surface area (TPSA) is 66.8 Å². The highest BCUT2D eigenvalue weighted by molar-refractivity contribution is 5.77. The summed E-state index contributed by atoms with van der Waals surface area (Å²) in [4.78, 5) is 17.7. The molecule has 1 N–H and O–H groups in total. The second kappa shape index (κ2) is 8.26. The van der Waals surface area contributed by atoms with Crippen LogP contribution in [0.25, 0.3) is 11.0 Å². The lowest BCUT2D eigenvalue weighted by molar-refractivity contribution is -0.146. The van der Waals surface area contributed by atoms with Crippen molar-refractivity contribution in [1.82, 2.24) is 24.6 Å². The summed E-state index contributed by atoms with van der Waals surface area (Å²) in [5.74, 6) is -1.02. The molecule has 0 saturated carbocycles. The van der Waals surface area contributed by atoms with E-state index in [1.165, 1.54) is 0 Å². The molecule has 6 nitrogen and oxygen atoms in total. The molecule has 1 amide bonds. The zero-order valence-electron chi connectivity index (χ0n) is 16.7. The minimum absolute atomic E-state index is 0.0783. The average Bonchev–Trinajstić information content (AvgIpc) is 3.20. The maximum atomic E-state index is 13.3. The third-order valence-electron chi connectivity index (χ3n) is 5.08. The third kappa shape index (κ3) is 4.60. The van der Waals surface area contributed by atoms with Crippen molar-refractivity contribution in [3.8, 4) is 0 Å². The summed E-state index contributed by atoms with van der Waals surface area (Å²) < 4.78 is 41.2. The van der Waals surface area contributed by atoms with Crippen LogP contribution in [0.3, 0.4) is 0 Å². The molecule has 156 valence electrons. The van der Waals surface area contributed by atoms with Gasteiger partial charge in [-0.25, -0.2) is 4.98 Å². The standard InChI is InChI=1S/C20H24F3N5O/c1-13-15(14(2)26-25-13)10-12-27(3)18(29)9-6-11-28-17-8-5-4-7-16(17)24-19(28)20(21,22)23/h4-5,7-8H,6,9-12H2,1-3H3,(H,25,26). The molecule has 0 fully saturated rings. The first-order chi connectivity index (χ1) is 13.7. The highest BCUT2D eigenvalue weighted by Gasteiger charge is 2.37. The van der Waals surface area contributed by atoms with Crippen molar-refractivity contribution in [2.24, 2.45) is 0 Å². The normalized spacial score (nSPS) is 11.9. The SMILES string of the molecule is Cc1n[nH]c(C)c1CCN(C)C(=O)CCCn1c(C(F)(F)F)nc2ccccc21. The summed E-state index contributed by atoms with van der Waals surface area (Å²) in [6.45, 7) is 4.45. The third-order valence-corrected chi connectivity index (χ3v) is 5.08. The minimum atomic E-state index is -4.54. The summed E-state index contributed by atoms with van der Waals surface area (Å²) in [5, 5.41) is 7.06. The van der Waals surface area contributed by atoms with E-state index < -0.39 is 12.0 Å². The van der Waals surface area contributed by atoms with Crippen LogP contribution in [0.15, 0.2) is 24.3 Å². The molecule has 1 aromatic carbocycles. The Balaban J connectivity index is 1.60. The fourth-order valence-corrected chi connectivity index (χ4v) is 3.44. The van der Waals surface area contributed by atoms with Crippen LogP contribution < -0.4 is 0 Å². The Morgan fingerprint density at radius 2 is 1.97 bits per heavy atom. The first-order valence-electron chi connectivity index (χ1n) is 9.45. The lowest BCUT2D eigenvalue weighted by Gasteiger charge is -2.18. The molecule has 0 saturated heterocycles. The predicted octanol–water partition coefficient (Wildman–Crippen LogP) is 3.88. The van der Waals surface area contributed by atoms with Crippen LogP contribution in [-0.4, -0.2) is 44.1 Å². The van der Waals surface area contributed by atoms with Gasteiger partial charge in [-0.1, -0.05) is 12.1 Å². The van der Waals surface area contributed by atoms with Gasteiger partial charge in [0.1, 0.15) is 0 Å². The molecule has 3 aromatic rings. The van der Waals surface area contributed by atoms with E-state index in [9.17, 15) is 18.0 Å². The number of halogens is 3. The number of aromatic amines is 1. The molecule has 0 aliphatic rings. The summed E-state index contributed by atoms with van der Waals surface area (Å²) in [7, 11) is 1.71. The van der Waals surface area contributed by atoms with E-state index in [2.05, 4.69) is 15.2 Å². The molecule has 2 aromatic heterocycles. The predicted molar refractivity (Wildman–Crippen MR) is 103 cm³/mol. The Morgan fingerprint density at radius 3 is 2.62 bits per heavy atom. The molecule has 2 heterocycles. The number of nitrogens with one attached hydrogen (secondary N) is 1. The van der Waals surface area contributed by atoms with Gasteiger partial charge in [0.25, 0.3) is 0 Å². The number of hydrogen-bond donors (Lipinski definition) is 1. The maximum Gasteiger partial charge on any atom is 0.449 e. The number of alkyl halides is 3. The molecule has 0 atom stereocenters. The number of carbonyl (C=O) groups excluding carboxylic acids is 1. The van der Waals surface area contributed by atoms with Gasteiger partial charge in [0.15, 0.2) is 0 Å². The molecule has 0 aliphatic carbocycles. The van der Waals surface area contributed by atoms with Gasteiger partial charge in [0.2, 0.25) is 11.7 Å². The number of para-hydroxylation sites is 2. The largest absolute Gasteiger partial charge is 0.449 e. The molecular formula is C20H24F3N5O. The smallest absolute Gasteiger partial charge is 0.345 e. The van der Waals surface area contributed by atoms with Crippen molar-refractivity contribution >= 4 is 16.9 Å². The Labute approximate surface area is 166 Å². The number of rotatable bonds is 7. The summed E-state index contributed by atoms with van der Waals surface area (Å²) >= 11 is 0. The van der Waals surface area contributed by atoms with Crippen molar-refractivity contribution in [3.05, 3.63) is 47.0 Å². The van der Waals surface area contributed by atoms with E-state index in [0.29, 0.717) is 30.4 Å². The van der Waals surface area contributed by atoms with Crippen LogP contribution in [0.2, 0.25) is 0 Å². The van der Waals surface area contributed by atoms with E-state index in [1.807, 2.05) is 13.8 Å². The summed E-state index contributed by atoms with van der Waals surface area (Å²) in [6, 6.07) is 6.50. The van der Waals surface area contributed by atoms with E-state index >= 15 is 0 Å². The van der Waals surface area contributed by atoms with Gasteiger partial charge in [-0.2, -0.15) is 18.3 Å². The van der Waals surface area contributed by atoms with Gasteiger partial charge in [-0.15, -0.1) is 0 Å². The van der Waals surface area contributed by atoms with Gasteiger partial charge in [0, 0.05) is 32.3 Å². The highest BCUT2D eigenvalue weighted by Crippen LogP contribution is 2.31. The van der Waals surface area contributed by atoms with Gasteiger partial charge in [-0.3, -0.25) is 9.89 Å².